The van der Waals surface area contributed by atoms with Crippen molar-refractivity contribution in [2.45, 2.75) is 56.8 Å². The zero-order valence-corrected chi connectivity index (χ0v) is 15.1. The molecule has 1 aliphatic carbocycles. The predicted octanol–water partition coefficient (Wildman–Crippen LogP) is 1.54. The SMILES string of the molecule is CC1=CC(=O)N(C[C@@H](N)CCN2C[C@@H](F)C[C@H]2c2nc(C3CC3)no2)C1. The molecule has 142 valence electrons. The molecule has 3 aliphatic rings. The molecule has 1 saturated heterocycles. The molecule has 2 aliphatic heterocycles. The molecule has 1 aromatic rings. The van der Waals surface area contributed by atoms with E-state index in [0.717, 1.165) is 24.2 Å². The maximum Gasteiger partial charge on any atom is 0.246 e. The Morgan fingerprint density at radius 2 is 2.27 bits per heavy atom. The van der Waals surface area contributed by atoms with Gasteiger partial charge in [-0.05, 0) is 31.8 Å². The van der Waals surface area contributed by atoms with Crippen LogP contribution in [0.4, 0.5) is 4.39 Å². The van der Waals surface area contributed by atoms with Crippen LogP contribution in [0.2, 0.25) is 0 Å². The van der Waals surface area contributed by atoms with Gasteiger partial charge in [0.15, 0.2) is 5.82 Å². The maximum absolute atomic E-state index is 14.0. The number of halogens is 1. The topological polar surface area (TPSA) is 88.5 Å². The van der Waals surface area contributed by atoms with Gasteiger partial charge in [0.1, 0.15) is 6.17 Å². The summed E-state index contributed by atoms with van der Waals surface area (Å²) in [4.78, 5) is 20.1. The van der Waals surface area contributed by atoms with Gasteiger partial charge in [-0.2, -0.15) is 4.98 Å². The highest BCUT2D eigenvalue weighted by Gasteiger charge is 2.38. The van der Waals surface area contributed by atoms with Gasteiger partial charge in [-0.15, -0.1) is 0 Å². The van der Waals surface area contributed by atoms with E-state index in [2.05, 4.69) is 10.1 Å². The van der Waals surface area contributed by atoms with Gasteiger partial charge < -0.3 is 15.2 Å². The fourth-order valence-corrected chi connectivity index (χ4v) is 3.83. The summed E-state index contributed by atoms with van der Waals surface area (Å²) in [6.45, 7) is 4.14. The van der Waals surface area contributed by atoms with Crippen LogP contribution in [0.3, 0.4) is 0 Å². The third kappa shape index (κ3) is 3.81. The van der Waals surface area contributed by atoms with Crippen molar-refractivity contribution in [3.8, 4) is 0 Å². The lowest BCUT2D eigenvalue weighted by molar-refractivity contribution is -0.124. The minimum atomic E-state index is -0.889. The normalized spacial score (nSPS) is 28.0. The van der Waals surface area contributed by atoms with Crippen molar-refractivity contribution >= 4 is 5.91 Å². The number of rotatable bonds is 7. The smallest absolute Gasteiger partial charge is 0.246 e. The van der Waals surface area contributed by atoms with Crippen molar-refractivity contribution in [2.24, 2.45) is 5.73 Å². The van der Waals surface area contributed by atoms with Crippen LogP contribution in [0.25, 0.3) is 0 Å². The summed E-state index contributed by atoms with van der Waals surface area (Å²) in [5.41, 5.74) is 7.28. The first-order valence-electron chi connectivity index (χ1n) is 9.43. The number of hydrogen-bond donors (Lipinski definition) is 1. The first-order valence-corrected chi connectivity index (χ1v) is 9.43. The highest BCUT2D eigenvalue weighted by Crippen LogP contribution is 2.40. The molecule has 2 N–H and O–H groups in total. The Hall–Kier alpha value is -1.80. The van der Waals surface area contributed by atoms with Crippen LogP contribution in [0, 0.1) is 0 Å². The predicted molar refractivity (Wildman–Crippen MR) is 93.0 cm³/mol. The number of alkyl halides is 1. The van der Waals surface area contributed by atoms with Gasteiger partial charge in [0.05, 0.1) is 6.04 Å². The summed E-state index contributed by atoms with van der Waals surface area (Å²) in [7, 11) is 0. The lowest BCUT2D eigenvalue weighted by Gasteiger charge is -2.25. The van der Waals surface area contributed by atoms with Crippen molar-refractivity contribution in [3.63, 3.8) is 0 Å². The fraction of sp³-hybridized carbons (Fsp3) is 0.722. The molecule has 0 bridgehead atoms. The summed E-state index contributed by atoms with van der Waals surface area (Å²) < 4.78 is 19.4. The number of hydrogen-bond acceptors (Lipinski definition) is 6. The molecule has 1 aromatic heterocycles. The van der Waals surface area contributed by atoms with Gasteiger partial charge in [-0.3, -0.25) is 9.69 Å². The molecule has 0 aromatic carbocycles. The number of carbonyl (C=O) groups excluding carboxylic acids is 1. The van der Waals surface area contributed by atoms with Crippen molar-refractivity contribution in [2.75, 3.05) is 26.2 Å². The number of aromatic nitrogens is 2. The Bertz CT molecular complexity index is 702. The lowest BCUT2D eigenvalue weighted by Crippen LogP contribution is -2.41. The van der Waals surface area contributed by atoms with Crippen LogP contribution < -0.4 is 5.73 Å². The Morgan fingerprint density at radius 3 is 2.96 bits per heavy atom. The summed E-state index contributed by atoms with van der Waals surface area (Å²) in [6, 6.07) is -0.309. The zero-order valence-electron chi connectivity index (χ0n) is 15.1. The van der Waals surface area contributed by atoms with Crippen molar-refractivity contribution in [3.05, 3.63) is 23.4 Å². The molecule has 4 rings (SSSR count). The summed E-state index contributed by atoms with van der Waals surface area (Å²) in [5, 5.41) is 4.05. The minimum absolute atomic E-state index is 0.0271. The van der Waals surface area contributed by atoms with E-state index in [-0.39, 0.29) is 18.0 Å². The second kappa shape index (κ2) is 7.08. The number of amides is 1. The Kier molecular flexibility index (Phi) is 4.79. The van der Waals surface area contributed by atoms with Crippen LogP contribution in [0.15, 0.2) is 16.2 Å². The maximum atomic E-state index is 14.0. The van der Waals surface area contributed by atoms with Crippen LogP contribution in [-0.2, 0) is 4.79 Å². The molecular formula is C18H26FN5O2. The van der Waals surface area contributed by atoms with Gasteiger partial charge in [-0.25, -0.2) is 4.39 Å². The molecule has 1 saturated carbocycles. The minimum Gasteiger partial charge on any atom is -0.338 e. The summed E-state index contributed by atoms with van der Waals surface area (Å²) >= 11 is 0. The Balaban J connectivity index is 1.31. The average molecular weight is 363 g/mol. The van der Waals surface area contributed by atoms with E-state index in [9.17, 15) is 9.18 Å². The molecular weight excluding hydrogens is 337 g/mol. The quantitative estimate of drug-likeness (QED) is 0.790. The van der Waals surface area contributed by atoms with E-state index >= 15 is 0 Å². The van der Waals surface area contributed by atoms with E-state index in [1.54, 1.807) is 11.0 Å². The van der Waals surface area contributed by atoms with E-state index < -0.39 is 6.17 Å². The zero-order chi connectivity index (χ0) is 18.3. The molecule has 1 amide bonds. The first-order chi connectivity index (χ1) is 12.5. The Morgan fingerprint density at radius 1 is 1.46 bits per heavy atom. The van der Waals surface area contributed by atoms with Crippen molar-refractivity contribution in [1.29, 1.82) is 0 Å². The summed E-state index contributed by atoms with van der Waals surface area (Å²) in [5.74, 6) is 1.73. The van der Waals surface area contributed by atoms with Gasteiger partial charge in [0.2, 0.25) is 11.8 Å². The molecule has 0 spiro atoms. The van der Waals surface area contributed by atoms with Gasteiger partial charge >= 0.3 is 0 Å². The molecule has 3 atom stereocenters. The van der Waals surface area contributed by atoms with Gasteiger partial charge in [-0.1, -0.05) is 5.16 Å². The standard InChI is InChI=1S/C18H26FN5O2/c1-11-6-16(25)24(8-11)10-14(20)4-5-23-9-13(19)7-15(23)18-21-17(22-26-18)12-2-3-12/h6,12-15H,2-5,7-10,20H2,1H3/t13-,14-,15-/m0/s1. The second-order valence-corrected chi connectivity index (χ2v) is 7.87. The highest BCUT2D eigenvalue weighted by atomic mass is 19.1. The van der Waals surface area contributed by atoms with E-state index in [0.29, 0.717) is 50.8 Å². The molecule has 8 heteroatoms. The molecule has 7 nitrogen and oxygen atoms in total. The van der Waals surface area contributed by atoms with E-state index in [1.165, 1.54) is 0 Å². The largest absolute Gasteiger partial charge is 0.338 e. The van der Waals surface area contributed by atoms with E-state index in [1.807, 2.05) is 11.8 Å². The second-order valence-electron chi connectivity index (χ2n) is 7.87. The third-order valence-electron chi connectivity index (χ3n) is 5.40. The summed E-state index contributed by atoms with van der Waals surface area (Å²) in [6.07, 6.45) is 4.06. The van der Waals surface area contributed by atoms with Crippen LogP contribution in [-0.4, -0.2) is 64.2 Å². The van der Waals surface area contributed by atoms with Crippen molar-refractivity contribution < 1.29 is 13.7 Å². The molecule has 26 heavy (non-hydrogen) atoms. The number of nitrogens with two attached hydrogens (primary N) is 1. The lowest BCUT2D eigenvalue weighted by atomic mass is 10.1. The monoisotopic (exact) mass is 363 g/mol. The van der Waals surface area contributed by atoms with Crippen LogP contribution in [0.1, 0.15) is 56.3 Å². The molecule has 3 heterocycles. The van der Waals surface area contributed by atoms with Gasteiger partial charge in [0.25, 0.3) is 0 Å². The number of nitrogens with zero attached hydrogens (tertiary/aromatic N) is 4. The number of carbonyl (C=O) groups is 1. The van der Waals surface area contributed by atoms with Crippen molar-refractivity contribution in [1.82, 2.24) is 19.9 Å². The third-order valence-corrected chi connectivity index (χ3v) is 5.40. The Labute approximate surface area is 152 Å². The number of likely N-dealkylation sites (tertiary alicyclic amines) is 1. The van der Waals surface area contributed by atoms with Gasteiger partial charge in [0, 0.05) is 50.6 Å². The first kappa shape index (κ1) is 17.6. The molecule has 0 unspecified atom stereocenters. The molecule has 2 fully saturated rings. The van der Waals surface area contributed by atoms with Crippen LogP contribution in [0.5, 0.6) is 0 Å². The highest BCUT2D eigenvalue weighted by molar-refractivity contribution is 5.91. The van der Waals surface area contributed by atoms with E-state index in [4.69, 9.17) is 10.3 Å². The average Bonchev–Trinajstić information content (AvgIpc) is 3.06. The van der Waals surface area contributed by atoms with Crippen LogP contribution >= 0.6 is 0 Å². The molecule has 0 radical (unpaired) electrons. The fourth-order valence-electron chi connectivity index (χ4n) is 3.83.